The van der Waals surface area contributed by atoms with E-state index >= 15 is 0 Å². The predicted octanol–water partition coefficient (Wildman–Crippen LogP) is 2.90. The van der Waals surface area contributed by atoms with E-state index < -0.39 is 12.0 Å². The fourth-order valence-corrected chi connectivity index (χ4v) is 3.26. The molecule has 0 bridgehead atoms. The Morgan fingerprint density at radius 1 is 1.15 bits per heavy atom. The fourth-order valence-electron chi connectivity index (χ4n) is 3.26. The van der Waals surface area contributed by atoms with Crippen molar-refractivity contribution in [3.63, 3.8) is 0 Å². The van der Waals surface area contributed by atoms with E-state index in [0.29, 0.717) is 25.1 Å². The Morgan fingerprint density at radius 2 is 1.88 bits per heavy atom. The summed E-state index contributed by atoms with van der Waals surface area (Å²) in [5, 5.41) is 9.11. The Bertz CT molecular complexity index is 785. The molecule has 1 N–H and O–H groups in total. The number of morpholine rings is 1. The van der Waals surface area contributed by atoms with Gasteiger partial charge in [0.1, 0.15) is 0 Å². The van der Waals surface area contributed by atoms with E-state index in [1.165, 1.54) is 5.56 Å². The number of aliphatic carboxylic acids is 1. The van der Waals surface area contributed by atoms with E-state index in [-0.39, 0.29) is 18.9 Å². The minimum atomic E-state index is -0.925. The molecule has 2 aromatic rings. The predicted molar refractivity (Wildman–Crippen MR) is 98.3 cm³/mol. The summed E-state index contributed by atoms with van der Waals surface area (Å²) in [5.41, 5.74) is 3.91. The first-order chi connectivity index (χ1) is 12.5. The highest BCUT2D eigenvalue weighted by Gasteiger charge is 2.30. The molecule has 5 heteroatoms. The van der Waals surface area contributed by atoms with Crippen LogP contribution in [0, 0.1) is 6.92 Å². The molecule has 136 valence electrons. The molecule has 0 radical (unpaired) electrons. The molecule has 1 aliphatic rings. The van der Waals surface area contributed by atoms with Crippen molar-refractivity contribution < 1.29 is 19.4 Å². The molecule has 2 aromatic carbocycles. The largest absolute Gasteiger partial charge is 0.481 e. The van der Waals surface area contributed by atoms with Crippen molar-refractivity contribution in [3.8, 4) is 0 Å². The summed E-state index contributed by atoms with van der Waals surface area (Å²) in [4.78, 5) is 25.9. The standard InChI is InChI=1S/C21H23NO4/c1-15-6-8-16(9-7-15)12-17-4-2-3-5-19(17)21(25)22-10-11-26-14-18(22)13-20(23)24/h2-9,18H,10-14H2,1H3,(H,23,24)/t18-/m1/s1. The lowest BCUT2D eigenvalue weighted by Gasteiger charge is -2.35. The number of aryl methyl sites for hydroxylation is 1. The Hall–Kier alpha value is -2.66. The lowest BCUT2D eigenvalue weighted by molar-refractivity contribution is -0.139. The van der Waals surface area contributed by atoms with Gasteiger partial charge in [0.15, 0.2) is 0 Å². The van der Waals surface area contributed by atoms with Gasteiger partial charge >= 0.3 is 5.97 Å². The minimum Gasteiger partial charge on any atom is -0.481 e. The highest BCUT2D eigenvalue weighted by molar-refractivity contribution is 5.96. The van der Waals surface area contributed by atoms with Gasteiger partial charge in [0.2, 0.25) is 0 Å². The molecule has 0 spiro atoms. The number of carboxylic acids is 1. The summed E-state index contributed by atoms with van der Waals surface area (Å²) in [6.07, 6.45) is 0.558. The van der Waals surface area contributed by atoms with Crippen molar-refractivity contribution in [1.29, 1.82) is 0 Å². The molecular formula is C21H23NO4. The Morgan fingerprint density at radius 3 is 2.62 bits per heavy atom. The first kappa shape index (κ1) is 18.1. The van der Waals surface area contributed by atoms with Crippen molar-refractivity contribution in [2.24, 2.45) is 0 Å². The summed E-state index contributed by atoms with van der Waals surface area (Å²) < 4.78 is 5.38. The maximum absolute atomic E-state index is 13.1. The zero-order chi connectivity index (χ0) is 18.5. The van der Waals surface area contributed by atoms with E-state index in [1.54, 1.807) is 4.90 Å². The molecular weight excluding hydrogens is 330 g/mol. The summed E-state index contributed by atoms with van der Waals surface area (Å²) in [6.45, 7) is 3.15. The van der Waals surface area contributed by atoms with E-state index in [4.69, 9.17) is 9.84 Å². The molecule has 1 heterocycles. The topological polar surface area (TPSA) is 66.8 Å². The van der Waals surface area contributed by atoms with Crippen LogP contribution in [0.1, 0.15) is 33.5 Å². The van der Waals surface area contributed by atoms with Crippen molar-refractivity contribution in [2.45, 2.75) is 25.8 Å². The van der Waals surface area contributed by atoms with E-state index in [2.05, 4.69) is 24.3 Å². The maximum Gasteiger partial charge on any atom is 0.305 e. The van der Waals surface area contributed by atoms with Crippen LogP contribution in [0.3, 0.4) is 0 Å². The molecule has 1 amide bonds. The zero-order valence-corrected chi connectivity index (χ0v) is 14.9. The second-order valence-electron chi connectivity index (χ2n) is 6.64. The summed E-state index contributed by atoms with van der Waals surface area (Å²) >= 11 is 0. The number of carbonyl (C=O) groups excluding carboxylic acids is 1. The highest BCUT2D eigenvalue weighted by atomic mass is 16.5. The van der Waals surface area contributed by atoms with Crippen molar-refractivity contribution in [1.82, 2.24) is 4.90 Å². The number of carbonyl (C=O) groups is 2. The first-order valence-corrected chi connectivity index (χ1v) is 8.78. The molecule has 1 atom stereocenters. The van der Waals surface area contributed by atoms with E-state index in [9.17, 15) is 9.59 Å². The normalized spacial score (nSPS) is 17.1. The molecule has 1 fully saturated rings. The number of hydrogen-bond acceptors (Lipinski definition) is 3. The summed E-state index contributed by atoms with van der Waals surface area (Å²) in [7, 11) is 0. The number of nitrogens with zero attached hydrogens (tertiary/aromatic N) is 1. The summed E-state index contributed by atoms with van der Waals surface area (Å²) in [6, 6.07) is 15.4. The van der Waals surface area contributed by atoms with Gasteiger partial charge in [-0.15, -0.1) is 0 Å². The number of hydrogen-bond donors (Lipinski definition) is 1. The average molecular weight is 353 g/mol. The Balaban J connectivity index is 1.84. The average Bonchev–Trinajstić information content (AvgIpc) is 2.63. The van der Waals surface area contributed by atoms with Crippen molar-refractivity contribution >= 4 is 11.9 Å². The second kappa shape index (κ2) is 8.15. The van der Waals surface area contributed by atoms with Gasteiger partial charge in [-0.3, -0.25) is 9.59 Å². The lowest BCUT2D eigenvalue weighted by atomic mass is 9.97. The van der Waals surface area contributed by atoms with Crippen LogP contribution in [0.25, 0.3) is 0 Å². The molecule has 0 aromatic heterocycles. The van der Waals surface area contributed by atoms with Gasteiger partial charge in [-0.05, 0) is 30.5 Å². The fraction of sp³-hybridized carbons (Fsp3) is 0.333. The third-order valence-electron chi connectivity index (χ3n) is 4.66. The van der Waals surface area contributed by atoms with Gasteiger partial charge in [-0.25, -0.2) is 0 Å². The lowest BCUT2D eigenvalue weighted by Crippen LogP contribution is -2.49. The molecule has 0 unspecified atom stereocenters. The van der Waals surface area contributed by atoms with Crippen LogP contribution >= 0.6 is 0 Å². The van der Waals surface area contributed by atoms with E-state index in [0.717, 1.165) is 11.1 Å². The summed E-state index contributed by atoms with van der Waals surface area (Å²) in [5.74, 6) is -1.05. The Labute approximate surface area is 153 Å². The monoisotopic (exact) mass is 353 g/mol. The number of amides is 1. The Kier molecular flexibility index (Phi) is 5.68. The van der Waals surface area contributed by atoms with Gasteiger partial charge in [0.05, 0.1) is 25.7 Å². The molecule has 0 saturated carbocycles. The molecule has 1 saturated heterocycles. The van der Waals surface area contributed by atoms with Gasteiger partial charge in [-0.2, -0.15) is 0 Å². The van der Waals surface area contributed by atoms with Gasteiger partial charge < -0.3 is 14.7 Å². The van der Waals surface area contributed by atoms with Crippen LogP contribution in [0.15, 0.2) is 48.5 Å². The number of ether oxygens (including phenoxy) is 1. The third kappa shape index (κ3) is 4.29. The number of benzene rings is 2. The quantitative estimate of drug-likeness (QED) is 0.897. The second-order valence-corrected chi connectivity index (χ2v) is 6.64. The van der Waals surface area contributed by atoms with Crippen LogP contribution in [0.2, 0.25) is 0 Å². The molecule has 0 aliphatic carbocycles. The van der Waals surface area contributed by atoms with Gasteiger partial charge in [0, 0.05) is 12.1 Å². The van der Waals surface area contributed by atoms with Gasteiger partial charge in [0.25, 0.3) is 5.91 Å². The van der Waals surface area contributed by atoms with Crippen LogP contribution < -0.4 is 0 Å². The van der Waals surface area contributed by atoms with Crippen LogP contribution in [0.4, 0.5) is 0 Å². The minimum absolute atomic E-state index is 0.105. The molecule has 3 rings (SSSR count). The zero-order valence-electron chi connectivity index (χ0n) is 14.9. The van der Waals surface area contributed by atoms with Crippen LogP contribution in [0.5, 0.6) is 0 Å². The van der Waals surface area contributed by atoms with Crippen LogP contribution in [-0.4, -0.2) is 47.7 Å². The number of rotatable bonds is 5. The van der Waals surface area contributed by atoms with Crippen molar-refractivity contribution in [2.75, 3.05) is 19.8 Å². The molecule has 1 aliphatic heterocycles. The van der Waals surface area contributed by atoms with Crippen LogP contribution in [-0.2, 0) is 16.0 Å². The van der Waals surface area contributed by atoms with Crippen molar-refractivity contribution in [3.05, 3.63) is 70.8 Å². The molecule has 26 heavy (non-hydrogen) atoms. The third-order valence-corrected chi connectivity index (χ3v) is 4.66. The first-order valence-electron chi connectivity index (χ1n) is 8.78. The highest BCUT2D eigenvalue weighted by Crippen LogP contribution is 2.20. The molecule has 5 nitrogen and oxygen atoms in total. The van der Waals surface area contributed by atoms with Gasteiger partial charge in [-0.1, -0.05) is 48.0 Å². The maximum atomic E-state index is 13.1. The number of carboxylic acid groups (broad SMARTS) is 1. The smallest absolute Gasteiger partial charge is 0.305 e. The SMILES string of the molecule is Cc1ccc(Cc2ccccc2C(=O)N2CCOC[C@H]2CC(=O)O)cc1. The van der Waals surface area contributed by atoms with E-state index in [1.807, 2.05) is 31.2 Å².